The van der Waals surface area contributed by atoms with Crippen molar-refractivity contribution in [1.29, 1.82) is 0 Å². The summed E-state index contributed by atoms with van der Waals surface area (Å²) in [6.45, 7) is 3.41. The van der Waals surface area contributed by atoms with Crippen molar-refractivity contribution < 1.29 is 0 Å². The van der Waals surface area contributed by atoms with Crippen molar-refractivity contribution >= 4 is 29.0 Å². The summed E-state index contributed by atoms with van der Waals surface area (Å²) < 4.78 is 0. The average molecular weight is 248 g/mol. The molecule has 0 saturated heterocycles. The van der Waals surface area contributed by atoms with Crippen molar-refractivity contribution in [2.75, 3.05) is 25.6 Å². The lowest BCUT2D eigenvalue weighted by Gasteiger charge is -2.26. The summed E-state index contributed by atoms with van der Waals surface area (Å²) >= 11 is 6.78. The summed E-state index contributed by atoms with van der Waals surface area (Å²) in [5.74, 6) is 1.22. The molecule has 0 aliphatic heterocycles. The number of thioether (sulfide) groups is 1. The molecule has 0 fully saturated rings. The van der Waals surface area contributed by atoms with Crippen LogP contribution < -0.4 is 5.73 Å². The molecule has 0 aliphatic carbocycles. The lowest BCUT2D eigenvalue weighted by Crippen LogP contribution is -2.34. The van der Waals surface area contributed by atoms with Crippen LogP contribution in [0.4, 0.5) is 0 Å². The fourth-order valence-electron chi connectivity index (χ4n) is 1.59. The molecule has 1 unspecified atom stereocenters. The van der Waals surface area contributed by atoms with Crippen LogP contribution in [0.3, 0.4) is 0 Å². The SMILES string of the molecule is CCC(CSC)N(C)CCCCC(N)=S. The van der Waals surface area contributed by atoms with Crippen LogP contribution in [-0.4, -0.2) is 41.5 Å². The molecule has 0 amide bonds. The maximum Gasteiger partial charge on any atom is 0.0727 e. The van der Waals surface area contributed by atoms with Crippen molar-refractivity contribution in [3.05, 3.63) is 0 Å². The van der Waals surface area contributed by atoms with E-state index in [4.69, 9.17) is 18.0 Å². The Morgan fingerprint density at radius 1 is 1.47 bits per heavy atom. The third kappa shape index (κ3) is 8.05. The van der Waals surface area contributed by atoms with Gasteiger partial charge in [0.05, 0.1) is 4.99 Å². The van der Waals surface area contributed by atoms with Crippen molar-refractivity contribution in [1.82, 2.24) is 4.90 Å². The molecule has 0 aliphatic rings. The number of nitrogens with two attached hydrogens (primary N) is 1. The minimum Gasteiger partial charge on any atom is -0.393 e. The van der Waals surface area contributed by atoms with Gasteiger partial charge in [0.15, 0.2) is 0 Å². The van der Waals surface area contributed by atoms with Crippen molar-refractivity contribution in [2.24, 2.45) is 5.73 Å². The monoisotopic (exact) mass is 248 g/mol. The summed E-state index contributed by atoms with van der Waals surface area (Å²) in [6.07, 6.45) is 6.60. The van der Waals surface area contributed by atoms with Gasteiger partial charge in [-0.05, 0) is 45.5 Å². The average Bonchev–Trinajstić information content (AvgIpc) is 2.20. The Bertz CT molecular complexity index is 174. The van der Waals surface area contributed by atoms with Gasteiger partial charge in [-0.15, -0.1) is 0 Å². The number of hydrogen-bond donors (Lipinski definition) is 1. The fraction of sp³-hybridized carbons (Fsp3) is 0.909. The highest BCUT2D eigenvalue weighted by Gasteiger charge is 2.10. The highest BCUT2D eigenvalue weighted by molar-refractivity contribution is 7.98. The van der Waals surface area contributed by atoms with Gasteiger partial charge in [-0.2, -0.15) is 11.8 Å². The Balaban J connectivity index is 3.61. The van der Waals surface area contributed by atoms with Gasteiger partial charge in [-0.25, -0.2) is 0 Å². The number of unbranched alkanes of at least 4 members (excludes halogenated alkanes) is 1. The molecule has 0 saturated carbocycles. The van der Waals surface area contributed by atoms with Crippen LogP contribution in [0.5, 0.6) is 0 Å². The predicted octanol–water partition coefficient (Wildman–Crippen LogP) is 2.52. The third-order valence-electron chi connectivity index (χ3n) is 2.64. The summed E-state index contributed by atoms with van der Waals surface area (Å²) in [4.78, 5) is 3.10. The minimum absolute atomic E-state index is 0.647. The van der Waals surface area contributed by atoms with E-state index in [9.17, 15) is 0 Å². The summed E-state index contributed by atoms with van der Waals surface area (Å²) in [6, 6.07) is 0.713. The smallest absolute Gasteiger partial charge is 0.0727 e. The standard InChI is InChI=1S/C11H24N2S2/c1-4-10(9-15-3)13(2)8-6-5-7-11(12)14/h10H,4-9H2,1-3H3,(H2,12,14). The van der Waals surface area contributed by atoms with Crippen molar-refractivity contribution in [3.8, 4) is 0 Å². The molecule has 0 spiro atoms. The van der Waals surface area contributed by atoms with E-state index in [1.54, 1.807) is 0 Å². The van der Waals surface area contributed by atoms with E-state index < -0.39 is 0 Å². The molecule has 0 aromatic heterocycles. The van der Waals surface area contributed by atoms with Gasteiger partial charge in [0.2, 0.25) is 0 Å². The first kappa shape index (κ1) is 15.2. The van der Waals surface area contributed by atoms with Crippen molar-refractivity contribution in [2.45, 2.75) is 38.6 Å². The van der Waals surface area contributed by atoms with Gasteiger partial charge < -0.3 is 10.6 Å². The van der Waals surface area contributed by atoms with Gasteiger partial charge in [-0.3, -0.25) is 0 Å². The molecule has 0 aromatic carbocycles. The molecular weight excluding hydrogens is 224 g/mol. The quantitative estimate of drug-likeness (QED) is 0.501. The Labute approximate surface area is 104 Å². The highest BCUT2D eigenvalue weighted by Crippen LogP contribution is 2.09. The molecule has 1 atom stereocenters. The number of nitrogens with zero attached hydrogens (tertiary/aromatic N) is 1. The van der Waals surface area contributed by atoms with E-state index in [0.717, 1.165) is 19.4 Å². The second kappa shape index (κ2) is 9.43. The first-order valence-electron chi connectivity index (χ1n) is 5.59. The molecule has 0 aromatic rings. The van der Waals surface area contributed by atoms with Gasteiger partial charge in [-0.1, -0.05) is 19.1 Å². The Hall–Kier alpha value is 0.200. The number of rotatable bonds is 9. The Morgan fingerprint density at radius 3 is 2.60 bits per heavy atom. The summed E-state index contributed by atoms with van der Waals surface area (Å²) in [7, 11) is 2.21. The minimum atomic E-state index is 0.647. The molecule has 2 N–H and O–H groups in total. The highest BCUT2D eigenvalue weighted by atomic mass is 32.2. The maximum absolute atomic E-state index is 5.46. The van der Waals surface area contributed by atoms with Crippen molar-refractivity contribution in [3.63, 3.8) is 0 Å². The Kier molecular flexibility index (Phi) is 9.55. The molecule has 15 heavy (non-hydrogen) atoms. The van der Waals surface area contributed by atoms with E-state index in [-0.39, 0.29) is 0 Å². The first-order chi connectivity index (χ1) is 7.11. The van der Waals surface area contributed by atoms with Gasteiger partial charge in [0.1, 0.15) is 0 Å². The Morgan fingerprint density at radius 2 is 2.13 bits per heavy atom. The molecule has 2 nitrogen and oxygen atoms in total. The van der Waals surface area contributed by atoms with E-state index in [1.807, 2.05) is 11.8 Å². The van der Waals surface area contributed by atoms with E-state index >= 15 is 0 Å². The molecule has 90 valence electrons. The first-order valence-corrected chi connectivity index (χ1v) is 7.39. The predicted molar refractivity (Wildman–Crippen MR) is 75.7 cm³/mol. The zero-order valence-electron chi connectivity index (χ0n) is 10.2. The lowest BCUT2D eigenvalue weighted by molar-refractivity contribution is 0.251. The van der Waals surface area contributed by atoms with Gasteiger partial charge >= 0.3 is 0 Å². The van der Waals surface area contributed by atoms with E-state index in [0.29, 0.717) is 11.0 Å². The molecule has 4 heteroatoms. The fourth-order valence-corrected chi connectivity index (χ4v) is 2.61. The van der Waals surface area contributed by atoms with Crippen LogP contribution in [0, 0.1) is 0 Å². The van der Waals surface area contributed by atoms with Crippen LogP contribution in [-0.2, 0) is 0 Å². The molecule has 0 bridgehead atoms. The number of hydrogen-bond acceptors (Lipinski definition) is 3. The summed E-state index contributed by atoms with van der Waals surface area (Å²) in [5, 5.41) is 0. The van der Waals surface area contributed by atoms with Crippen LogP contribution in [0.2, 0.25) is 0 Å². The van der Waals surface area contributed by atoms with Crippen LogP contribution in [0.15, 0.2) is 0 Å². The maximum atomic E-state index is 5.46. The lowest BCUT2D eigenvalue weighted by atomic mass is 10.2. The second-order valence-corrected chi connectivity index (χ2v) is 5.36. The molecule has 0 heterocycles. The van der Waals surface area contributed by atoms with Crippen LogP contribution in [0.25, 0.3) is 0 Å². The van der Waals surface area contributed by atoms with Gasteiger partial charge in [0.25, 0.3) is 0 Å². The zero-order valence-corrected chi connectivity index (χ0v) is 11.8. The molecular formula is C11H24N2S2. The largest absolute Gasteiger partial charge is 0.393 e. The molecule has 0 radical (unpaired) electrons. The van der Waals surface area contributed by atoms with E-state index in [1.165, 1.54) is 18.6 Å². The number of thiocarbonyl (C=S) groups is 1. The van der Waals surface area contributed by atoms with Gasteiger partial charge in [0, 0.05) is 11.8 Å². The van der Waals surface area contributed by atoms with E-state index in [2.05, 4.69) is 25.1 Å². The third-order valence-corrected chi connectivity index (χ3v) is 3.56. The summed E-state index contributed by atoms with van der Waals surface area (Å²) in [5.41, 5.74) is 5.46. The zero-order chi connectivity index (χ0) is 11.7. The normalized spacial score (nSPS) is 13.1. The van der Waals surface area contributed by atoms with Crippen LogP contribution >= 0.6 is 24.0 Å². The molecule has 0 rings (SSSR count). The van der Waals surface area contributed by atoms with Crippen LogP contribution in [0.1, 0.15) is 32.6 Å². The second-order valence-electron chi connectivity index (χ2n) is 3.92. The topological polar surface area (TPSA) is 29.3 Å².